The lowest BCUT2D eigenvalue weighted by Crippen LogP contribution is -2.37. The number of nitrogens with zero attached hydrogens (tertiary/aromatic N) is 3. The third-order valence-electron chi connectivity index (χ3n) is 3.72. The summed E-state index contributed by atoms with van der Waals surface area (Å²) in [7, 11) is -1.91. The van der Waals surface area contributed by atoms with Crippen LogP contribution in [0.5, 0.6) is 0 Å². The molecular weight excluding hydrogens is 266 g/mol. The third-order valence-corrected chi connectivity index (χ3v) is 5.25. The lowest BCUT2D eigenvalue weighted by Gasteiger charge is -2.15. The maximum Gasteiger partial charge on any atom is 0.246 e. The van der Waals surface area contributed by atoms with Crippen molar-refractivity contribution in [2.75, 3.05) is 18.8 Å². The molecule has 1 aliphatic carbocycles. The van der Waals surface area contributed by atoms with Crippen LogP contribution in [-0.4, -0.2) is 48.3 Å². The van der Waals surface area contributed by atoms with Crippen LogP contribution in [-0.2, 0) is 17.1 Å². The Morgan fingerprint density at radius 3 is 2.74 bits per heavy atom. The van der Waals surface area contributed by atoms with E-state index in [1.54, 1.807) is 7.05 Å². The van der Waals surface area contributed by atoms with Gasteiger partial charge < -0.3 is 5.73 Å². The van der Waals surface area contributed by atoms with Gasteiger partial charge in [0.1, 0.15) is 4.90 Å². The molecule has 2 fully saturated rings. The van der Waals surface area contributed by atoms with Crippen LogP contribution in [0.2, 0.25) is 0 Å². The van der Waals surface area contributed by atoms with Crippen LogP contribution in [0.15, 0.2) is 11.1 Å². The van der Waals surface area contributed by atoms with Crippen LogP contribution in [0.1, 0.15) is 19.3 Å². The highest BCUT2D eigenvalue weighted by Gasteiger charge is 2.36. The highest BCUT2D eigenvalue weighted by Crippen LogP contribution is 2.30. The van der Waals surface area contributed by atoms with Gasteiger partial charge in [-0.05, 0) is 19.3 Å². The smallest absolute Gasteiger partial charge is 0.246 e. The normalized spacial score (nSPS) is 25.0. The number of hydrogen-bond acceptors (Lipinski definition) is 5. The monoisotopic (exact) mass is 285 g/mol. The predicted molar refractivity (Wildman–Crippen MR) is 70.9 cm³/mol. The first-order valence-corrected chi connectivity index (χ1v) is 7.99. The fourth-order valence-corrected chi connectivity index (χ4v) is 3.99. The summed E-state index contributed by atoms with van der Waals surface area (Å²) in [6.45, 7) is 1.77. The van der Waals surface area contributed by atoms with E-state index in [1.165, 1.54) is 23.7 Å². The fraction of sp³-hybridized carbons (Fsp3) is 0.727. The number of aromatic nitrogens is 2. The Balaban J connectivity index is 1.70. The number of hydrogen-bond donors (Lipinski definition) is 2. The molecule has 106 valence electrons. The molecule has 1 unspecified atom stereocenters. The molecule has 7 nitrogen and oxygen atoms in total. The highest BCUT2D eigenvalue weighted by atomic mass is 32.2. The lowest BCUT2D eigenvalue weighted by molar-refractivity contribution is 0.322. The summed E-state index contributed by atoms with van der Waals surface area (Å²) in [6.07, 6.45) is 4.78. The minimum absolute atomic E-state index is 0.0230. The van der Waals surface area contributed by atoms with Crippen molar-refractivity contribution < 1.29 is 8.42 Å². The molecule has 8 heteroatoms. The maximum absolute atomic E-state index is 12.3. The Hall–Kier alpha value is -1.12. The average molecular weight is 285 g/mol. The molecule has 3 N–H and O–H groups in total. The molecule has 0 bridgehead atoms. The van der Waals surface area contributed by atoms with E-state index in [1.807, 2.05) is 0 Å². The van der Waals surface area contributed by atoms with Crippen molar-refractivity contribution in [1.82, 2.24) is 19.4 Å². The Bertz CT molecular complexity index is 578. The molecule has 1 atom stereocenters. The van der Waals surface area contributed by atoms with Gasteiger partial charge in [-0.1, -0.05) is 0 Å². The number of anilines is 1. The van der Waals surface area contributed by atoms with Gasteiger partial charge in [-0.15, -0.1) is 0 Å². The zero-order valence-corrected chi connectivity index (χ0v) is 11.7. The number of nitrogens with one attached hydrogen (secondary N) is 1. The Labute approximate surface area is 112 Å². The number of nitrogen functional groups attached to an aromatic ring is 1. The van der Waals surface area contributed by atoms with Crippen molar-refractivity contribution >= 4 is 15.8 Å². The van der Waals surface area contributed by atoms with Crippen molar-refractivity contribution in [3.8, 4) is 0 Å². The van der Waals surface area contributed by atoms with E-state index in [2.05, 4.69) is 14.7 Å². The van der Waals surface area contributed by atoms with Gasteiger partial charge in [0.25, 0.3) is 0 Å². The lowest BCUT2D eigenvalue weighted by atomic mass is 10.3. The van der Waals surface area contributed by atoms with Crippen LogP contribution in [0.4, 0.5) is 5.82 Å². The molecule has 1 aliphatic heterocycles. The second-order valence-electron chi connectivity index (χ2n) is 5.39. The number of sulfonamides is 1. The van der Waals surface area contributed by atoms with Gasteiger partial charge in [0.2, 0.25) is 10.0 Å². The molecule has 1 aromatic rings. The van der Waals surface area contributed by atoms with Gasteiger partial charge in [0.05, 0.1) is 0 Å². The maximum atomic E-state index is 12.3. The predicted octanol–water partition coefficient (Wildman–Crippen LogP) is -0.483. The largest absolute Gasteiger partial charge is 0.381 e. The van der Waals surface area contributed by atoms with Crippen LogP contribution >= 0.6 is 0 Å². The zero-order valence-electron chi connectivity index (χ0n) is 10.9. The summed E-state index contributed by atoms with van der Waals surface area (Å²) in [4.78, 5) is 2.43. The topological polar surface area (TPSA) is 93.2 Å². The Morgan fingerprint density at radius 1 is 1.42 bits per heavy atom. The molecule has 0 spiro atoms. The fourth-order valence-electron chi connectivity index (χ4n) is 2.63. The van der Waals surface area contributed by atoms with Crippen LogP contribution in [0, 0.1) is 0 Å². The quantitative estimate of drug-likeness (QED) is 0.779. The van der Waals surface area contributed by atoms with E-state index >= 15 is 0 Å². The summed E-state index contributed by atoms with van der Waals surface area (Å²) >= 11 is 0. The number of likely N-dealkylation sites (tertiary alicyclic amines) is 1. The Kier molecular flexibility index (Phi) is 3.03. The van der Waals surface area contributed by atoms with E-state index in [0.29, 0.717) is 6.04 Å². The minimum Gasteiger partial charge on any atom is -0.381 e. The van der Waals surface area contributed by atoms with Crippen molar-refractivity contribution in [2.45, 2.75) is 36.2 Å². The second-order valence-corrected chi connectivity index (χ2v) is 7.07. The SMILES string of the molecule is Cn1cc(S(=O)(=O)NC2CCN(C3CC3)C2)c(N)n1. The zero-order chi connectivity index (χ0) is 13.6. The molecule has 0 radical (unpaired) electrons. The van der Waals surface area contributed by atoms with Gasteiger partial charge in [0.15, 0.2) is 5.82 Å². The van der Waals surface area contributed by atoms with Crippen molar-refractivity contribution in [2.24, 2.45) is 7.05 Å². The molecule has 2 aliphatic rings. The summed E-state index contributed by atoms with van der Waals surface area (Å²) in [5, 5.41) is 3.87. The van der Waals surface area contributed by atoms with Crippen molar-refractivity contribution in [3.05, 3.63) is 6.20 Å². The first kappa shape index (κ1) is 12.9. The van der Waals surface area contributed by atoms with E-state index in [-0.39, 0.29) is 16.8 Å². The van der Waals surface area contributed by atoms with Gasteiger partial charge in [-0.2, -0.15) is 5.10 Å². The summed E-state index contributed by atoms with van der Waals surface area (Å²) in [5.74, 6) is 0.0482. The summed E-state index contributed by atoms with van der Waals surface area (Å²) in [5.41, 5.74) is 5.63. The summed E-state index contributed by atoms with van der Waals surface area (Å²) < 4.78 is 28.7. The molecule has 3 rings (SSSR count). The molecule has 1 saturated carbocycles. The molecule has 0 aromatic carbocycles. The number of aryl methyl sites for hydroxylation is 1. The van der Waals surface area contributed by atoms with Gasteiger partial charge in [0, 0.05) is 38.4 Å². The molecule has 2 heterocycles. The average Bonchev–Trinajstić information content (AvgIpc) is 2.97. The summed E-state index contributed by atoms with van der Waals surface area (Å²) in [6, 6.07) is 0.656. The Morgan fingerprint density at radius 2 is 2.16 bits per heavy atom. The van der Waals surface area contributed by atoms with Gasteiger partial charge in [-0.3, -0.25) is 9.58 Å². The van der Waals surface area contributed by atoms with E-state index < -0.39 is 10.0 Å². The van der Waals surface area contributed by atoms with Gasteiger partial charge >= 0.3 is 0 Å². The molecule has 0 amide bonds. The van der Waals surface area contributed by atoms with E-state index in [4.69, 9.17) is 5.73 Å². The van der Waals surface area contributed by atoms with E-state index in [0.717, 1.165) is 19.5 Å². The number of rotatable bonds is 4. The molecule has 1 saturated heterocycles. The van der Waals surface area contributed by atoms with Crippen LogP contribution in [0.3, 0.4) is 0 Å². The standard InChI is InChI=1S/C11H19N5O2S/c1-15-7-10(11(12)13-15)19(17,18)14-8-4-5-16(6-8)9-2-3-9/h7-9,14H,2-6H2,1H3,(H2,12,13). The van der Waals surface area contributed by atoms with Crippen LogP contribution < -0.4 is 10.5 Å². The van der Waals surface area contributed by atoms with Crippen LogP contribution in [0.25, 0.3) is 0 Å². The first-order chi connectivity index (χ1) is 8.95. The van der Waals surface area contributed by atoms with Gasteiger partial charge in [-0.25, -0.2) is 13.1 Å². The van der Waals surface area contributed by atoms with Crippen molar-refractivity contribution in [3.63, 3.8) is 0 Å². The highest BCUT2D eigenvalue weighted by molar-refractivity contribution is 7.89. The number of nitrogens with two attached hydrogens (primary N) is 1. The molecular formula is C11H19N5O2S. The molecule has 19 heavy (non-hydrogen) atoms. The van der Waals surface area contributed by atoms with Crippen molar-refractivity contribution in [1.29, 1.82) is 0 Å². The molecule has 1 aromatic heterocycles. The first-order valence-electron chi connectivity index (χ1n) is 6.51. The third kappa shape index (κ3) is 2.60. The van der Waals surface area contributed by atoms with E-state index in [9.17, 15) is 8.42 Å². The second kappa shape index (κ2) is 4.46. The minimum atomic E-state index is -3.57.